The molecule has 9 heteroatoms. The summed E-state index contributed by atoms with van der Waals surface area (Å²) in [7, 11) is 1.42. The maximum atomic E-state index is 12.2. The normalized spacial score (nSPS) is 12.1. The number of carbonyl (C=O) groups excluding carboxylic acids is 1. The van der Waals surface area contributed by atoms with Gasteiger partial charge in [-0.3, -0.25) is 19.0 Å². The third-order valence-corrected chi connectivity index (χ3v) is 3.70. The zero-order chi connectivity index (χ0) is 16.6. The van der Waals surface area contributed by atoms with Gasteiger partial charge < -0.3 is 15.5 Å². The highest BCUT2D eigenvalue weighted by Gasteiger charge is 2.24. The van der Waals surface area contributed by atoms with Crippen molar-refractivity contribution in [2.75, 3.05) is 0 Å². The molecule has 0 aliphatic rings. The van der Waals surface area contributed by atoms with Crippen LogP contribution < -0.4 is 10.9 Å². The van der Waals surface area contributed by atoms with Gasteiger partial charge in [0.2, 0.25) is 0 Å². The number of aliphatic carboxylic acids is 1. The molecule has 1 amide bonds. The summed E-state index contributed by atoms with van der Waals surface area (Å²) in [6, 6.07) is 0.385. The molecule has 3 N–H and O–H groups in total. The average molecular weight is 417 g/mol. The van der Waals surface area contributed by atoms with Gasteiger partial charge in [-0.2, -0.15) is 0 Å². The van der Waals surface area contributed by atoms with E-state index in [4.69, 9.17) is 5.11 Å². The molecule has 2 aromatic rings. The van der Waals surface area contributed by atoms with Gasteiger partial charge in [-0.25, -0.2) is 4.98 Å². The number of carboxylic acid groups (broad SMARTS) is 1. The molecule has 0 aliphatic heterocycles. The number of amides is 1. The van der Waals surface area contributed by atoms with Gasteiger partial charge >= 0.3 is 5.97 Å². The highest BCUT2D eigenvalue weighted by Crippen LogP contribution is 2.26. The summed E-state index contributed by atoms with van der Waals surface area (Å²) in [4.78, 5) is 39.2. The number of aryl methyl sites for hydroxylation is 1. The van der Waals surface area contributed by atoms with Crippen LogP contribution in [0.3, 0.4) is 0 Å². The van der Waals surface area contributed by atoms with Crippen LogP contribution in [0.5, 0.6) is 5.75 Å². The summed E-state index contributed by atoms with van der Waals surface area (Å²) in [6.07, 6.45) is 1.52. The van der Waals surface area contributed by atoms with E-state index in [1.165, 1.54) is 20.2 Å². The molecule has 2 rings (SSSR count). The van der Waals surface area contributed by atoms with E-state index in [0.717, 1.165) is 4.57 Å². The molecule has 2 heterocycles. The van der Waals surface area contributed by atoms with E-state index in [-0.39, 0.29) is 11.0 Å². The van der Waals surface area contributed by atoms with E-state index in [0.29, 0.717) is 3.57 Å². The van der Waals surface area contributed by atoms with Crippen LogP contribution in [0.25, 0.3) is 11.0 Å². The number of aromatic hydroxyl groups is 1. The van der Waals surface area contributed by atoms with Crippen LogP contribution in [0.2, 0.25) is 0 Å². The van der Waals surface area contributed by atoms with Crippen molar-refractivity contribution in [2.24, 2.45) is 7.05 Å². The SMILES string of the molecule is CC(NC(=O)c1c(O)c2cc(I)cnc2n(C)c1=O)C(=O)O. The first-order chi connectivity index (χ1) is 10.2. The van der Waals surface area contributed by atoms with Crippen LogP contribution in [0.4, 0.5) is 0 Å². The molecule has 0 fully saturated rings. The lowest BCUT2D eigenvalue weighted by atomic mass is 10.1. The standard InChI is InChI=1S/C13H12IN3O5/c1-5(13(21)22)16-11(19)8-9(18)7-3-6(14)4-15-10(7)17(2)12(8)20/h3-5,18H,1-2H3,(H,16,19)(H,21,22). The number of carboxylic acids is 1. The lowest BCUT2D eigenvalue weighted by molar-refractivity contribution is -0.138. The molecule has 116 valence electrons. The number of hydrogen-bond acceptors (Lipinski definition) is 5. The molecule has 0 saturated carbocycles. The molecule has 0 aromatic carbocycles. The van der Waals surface area contributed by atoms with Gasteiger partial charge in [0, 0.05) is 16.8 Å². The van der Waals surface area contributed by atoms with Crippen molar-refractivity contribution in [3.8, 4) is 5.75 Å². The Morgan fingerprint density at radius 1 is 1.45 bits per heavy atom. The zero-order valence-corrected chi connectivity index (χ0v) is 13.8. The monoisotopic (exact) mass is 417 g/mol. The van der Waals surface area contributed by atoms with Gasteiger partial charge in [-0.05, 0) is 35.6 Å². The van der Waals surface area contributed by atoms with Crippen molar-refractivity contribution in [2.45, 2.75) is 13.0 Å². The van der Waals surface area contributed by atoms with Crippen LogP contribution >= 0.6 is 22.6 Å². The van der Waals surface area contributed by atoms with Crippen LogP contribution in [-0.2, 0) is 11.8 Å². The van der Waals surface area contributed by atoms with Gasteiger partial charge in [0.05, 0.1) is 5.39 Å². The van der Waals surface area contributed by atoms with Gasteiger partial charge in [0.25, 0.3) is 11.5 Å². The van der Waals surface area contributed by atoms with Crippen LogP contribution in [-0.4, -0.2) is 37.7 Å². The zero-order valence-electron chi connectivity index (χ0n) is 11.6. The van der Waals surface area contributed by atoms with E-state index in [1.54, 1.807) is 6.07 Å². The van der Waals surface area contributed by atoms with Crippen molar-refractivity contribution in [1.82, 2.24) is 14.9 Å². The predicted octanol–water partition coefficient (Wildman–Crippen LogP) is 0.447. The smallest absolute Gasteiger partial charge is 0.325 e. The summed E-state index contributed by atoms with van der Waals surface area (Å²) in [6.45, 7) is 1.26. The van der Waals surface area contributed by atoms with Gasteiger partial charge in [-0.1, -0.05) is 0 Å². The summed E-state index contributed by atoms with van der Waals surface area (Å²) in [5, 5.41) is 21.4. The molecular formula is C13H12IN3O5. The van der Waals surface area contributed by atoms with Crippen LogP contribution in [0.1, 0.15) is 17.3 Å². The Morgan fingerprint density at radius 2 is 2.09 bits per heavy atom. The minimum atomic E-state index is -1.25. The van der Waals surface area contributed by atoms with Crippen LogP contribution in [0, 0.1) is 3.57 Å². The molecular weight excluding hydrogens is 405 g/mol. The molecule has 0 spiro atoms. The molecule has 22 heavy (non-hydrogen) atoms. The minimum absolute atomic E-state index is 0.228. The van der Waals surface area contributed by atoms with Gasteiger partial charge in [-0.15, -0.1) is 0 Å². The lowest BCUT2D eigenvalue weighted by Gasteiger charge is -2.13. The predicted molar refractivity (Wildman–Crippen MR) is 85.9 cm³/mol. The quantitative estimate of drug-likeness (QED) is 0.624. The fourth-order valence-electron chi connectivity index (χ4n) is 1.91. The fraction of sp³-hybridized carbons (Fsp3) is 0.231. The number of aromatic nitrogens is 2. The second kappa shape index (κ2) is 5.91. The van der Waals surface area contributed by atoms with Crippen molar-refractivity contribution in [1.29, 1.82) is 0 Å². The van der Waals surface area contributed by atoms with E-state index in [2.05, 4.69) is 10.3 Å². The van der Waals surface area contributed by atoms with Crippen molar-refractivity contribution >= 4 is 45.5 Å². The average Bonchev–Trinajstić information content (AvgIpc) is 2.44. The number of fused-ring (bicyclic) bond motifs is 1. The largest absolute Gasteiger partial charge is 0.506 e. The number of nitrogens with one attached hydrogen (secondary N) is 1. The summed E-state index contributed by atoms with van der Waals surface area (Å²) in [5.41, 5.74) is -1.04. The molecule has 0 saturated heterocycles. The Labute approximate surface area is 137 Å². The second-order valence-corrected chi connectivity index (χ2v) is 5.89. The second-order valence-electron chi connectivity index (χ2n) is 4.65. The molecule has 0 bridgehead atoms. The number of pyridine rings is 2. The molecule has 2 aromatic heterocycles. The van der Waals surface area contributed by atoms with Gasteiger partial charge in [0.15, 0.2) is 0 Å². The lowest BCUT2D eigenvalue weighted by Crippen LogP contribution is -2.41. The molecule has 1 unspecified atom stereocenters. The van der Waals surface area contributed by atoms with Crippen molar-refractivity contribution in [3.63, 3.8) is 0 Å². The number of hydrogen-bond donors (Lipinski definition) is 3. The van der Waals surface area contributed by atoms with Crippen molar-refractivity contribution < 1.29 is 19.8 Å². The number of halogens is 1. The Bertz CT molecular complexity index is 846. The van der Waals surface area contributed by atoms with E-state index >= 15 is 0 Å². The van der Waals surface area contributed by atoms with E-state index in [1.807, 2.05) is 22.6 Å². The molecule has 0 radical (unpaired) electrons. The van der Waals surface area contributed by atoms with Gasteiger partial charge in [0.1, 0.15) is 23.0 Å². The summed E-state index contributed by atoms with van der Waals surface area (Å²) in [5.74, 6) is -2.71. The van der Waals surface area contributed by atoms with Crippen LogP contribution in [0.15, 0.2) is 17.1 Å². The number of nitrogens with zero attached hydrogens (tertiary/aromatic N) is 2. The molecule has 1 atom stereocenters. The Hall–Kier alpha value is -2.17. The Balaban J connectivity index is 2.66. The number of rotatable bonds is 3. The topological polar surface area (TPSA) is 122 Å². The first-order valence-corrected chi connectivity index (χ1v) is 7.22. The summed E-state index contributed by atoms with van der Waals surface area (Å²) < 4.78 is 1.84. The van der Waals surface area contributed by atoms with Crippen molar-refractivity contribution in [3.05, 3.63) is 31.8 Å². The highest BCUT2D eigenvalue weighted by molar-refractivity contribution is 14.1. The molecule has 0 aliphatic carbocycles. The highest BCUT2D eigenvalue weighted by atomic mass is 127. The number of carbonyl (C=O) groups is 2. The first kappa shape index (κ1) is 16.2. The maximum absolute atomic E-state index is 12.2. The summed E-state index contributed by atoms with van der Waals surface area (Å²) >= 11 is 1.98. The van der Waals surface area contributed by atoms with E-state index in [9.17, 15) is 19.5 Å². The Kier molecular flexibility index (Phi) is 4.35. The fourth-order valence-corrected chi connectivity index (χ4v) is 2.36. The maximum Gasteiger partial charge on any atom is 0.325 e. The first-order valence-electron chi connectivity index (χ1n) is 6.15. The third-order valence-electron chi connectivity index (χ3n) is 3.11. The van der Waals surface area contributed by atoms with E-state index < -0.39 is 34.8 Å². The Morgan fingerprint density at radius 3 is 2.68 bits per heavy atom. The molecule has 8 nitrogen and oxygen atoms in total. The third kappa shape index (κ3) is 2.75. The minimum Gasteiger partial charge on any atom is -0.506 e.